The molecule has 8 heteroatoms. The summed E-state index contributed by atoms with van der Waals surface area (Å²) in [6.07, 6.45) is 4.81. The number of thioether (sulfide) groups is 1. The Bertz CT molecular complexity index is 1270. The van der Waals surface area contributed by atoms with Gasteiger partial charge in [0, 0.05) is 31.9 Å². The van der Waals surface area contributed by atoms with E-state index in [0.717, 1.165) is 17.5 Å². The fourth-order valence-corrected chi connectivity index (χ4v) is 9.11. The van der Waals surface area contributed by atoms with Gasteiger partial charge in [-0.1, -0.05) is 72.8 Å². The second-order valence-corrected chi connectivity index (χ2v) is 12.5. The Labute approximate surface area is 240 Å². The molecule has 2 aromatic carbocycles. The molecular formula is C32H37N3O4S. The van der Waals surface area contributed by atoms with E-state index in [1.165, 1.54) is 0 Å². The normalized spacial score (nSPS) is 27.2. The second-order valence-electron chi connectivity index (χ2n) is 10.9. The lowest BCUT2D eigenvalue weighted by molar-refractivity contribution is -0.147. The van der Waals surface area contributed by atoms with E-state index in [2.05, 4.69) is 13.2 Å². The maximum atomic E-state index is 14.7. The molecule has 3 amide bonds. The number of aliphatic hydroxyl groups is 1. The molecule has 0 aliphatic carbocycles. The fourth-order valence-electron chi connectivity index (χ4n) is 6.92. The number of hydrogen-bond acceptors (Lipinski definition) is 5. The lowest BCUT2D eigenvalue weighted by Crippen LogP contribution is -2.55. The summed E-state index contributed by atoms with van der Waals surface area (Å²) < 4.78 is -0.744. The third kappa shape index (κ3) is 4.67. The Morgan fingerprint density at radius 2 is 1.73 bits per heavy atom. The van der Waals surface area contributed by atoms with Crippen LogP contribution in [0.3, 0.4) is 0 Å². The molecule has 5 rings (SSSR count). The first kappa shape index (κ1) is 28.2. The number of fused-ring (bicyclic) bond motifs is 1. The van der Waals surface area contributed by atoms with Gasteiger partial charge in [0.15, 0.2) is 0 Å². The van der Waals surface area contributed by atoms with E-state index in [4.69, 9.17) is 0 Å². The molecule has 2 unspecified atom stereocenters. The van der Waals surface area contributed by atoms with E-state index in [9.17, 15) is 19.5 Å². The third-order valence-corrected chi connectivity index (χ3v) is 10.6. The molecular weight excluding hydrogens is 522 g/mol. The summed E-state index contributed by atoms with van der Waals surface area (Å²) in [4.78, 5) is 47.9. The molecule has 1 N–H and O–H groups in total. The van der Waals surface area contributed by atoms with Crippen LogP contribution >= 0.6 is 11.8 Å². The van der Waals surface area contributed by atoms with Crippen LogP contribution in [0.15, 0.2) is 86.0 Å². The molecule has 210 valence electrons. The Kier molecular flexibility index (Phi) is 8.19. The van der Waals surface area contributed by atoms with Gasteiger partial charge < -0.3 is 19.8 Å². The smallest absolute Gasteiger partial charge is 0.247 e. The van der Waals surface area contributed by atoms with Gasteiger partial charge in [0.1, 0.15) is 6.04 Å². The summed E-state index contributed by atoms with van der Waals surface area (Å²) in [5, 5.41) is 10.6. The predicted molar refractivity (Wildman–Crippen MR) is 157 cm³/mol. The van der Waals surface area contributed by atoms with Gasteiger partial charge in [-0.05, 0) is 24.0 Å². The van der Waals surface area contributed by atoms with Crippen molar-refractivity contribution in [1.82, 2.24) is 14.7 Å². The van der Waals surface area contributed by atoms with Gasteiger partial charge in [-0.25, -0.2) is 0 Å². The topological polar surface area (TPSA) is 81.2 Å². The van der Waals surface area contributed by atoms with E-state index in [0.29, 0.717) is 26.1 Å². The first-order valence-corrected chi connectivity index (χ1v) is 14.7. The number of hydrogen-bond donors (Lipinski definition) is 1. The molecule has 6 atom stereocenters. The summed E-state index contributed by atoms with van der Waals surface area (Å²) in [5.41, 5.74) is 1.74. The minimum absolute atomic E-state index is 0.0301. The van der Waals surface area contributed by atoms with Crippen LogP contribution in [0.4, 0.5) is 0 Å². The molecule has 2 aromatic rings. The standard InChI is InChI=1S/C32H37N3O4S/c1-4-18-33(3)29(37)26-25-16-17-32(40-25)27(26)30(38)35(24(21-36)23-14-10-7-11-15-23)28(32)31(39)34(19-5-2)20-22-12-8-6-9-13-22/h4-15,24-28,36H,1-2,16-21H2,3H3/t24-,25+,26-,27+,28?,32?/m1/s1. The van der Waals surface area contributed by atoms with Gasteiger partial charge in [0.2, 0.25) is 17.7 Å². The Morgan fingerprint density at radius 1 is 1.07 bits per heavy atom. The second kappa shape index (κ2) is 11.6. The van der Waals surface area contributed by atoms with Crippen molar-refractivity contribution in [2.24, 2.45) is 11.8 Å². The molecule has 2 bridgehead atoms. The summed E-state index contributed by atoms with van der Waals surface area (Å²) in [5.74, 6) is -1.63. The molecule has 3 fully saturated rings. The Balaban J connectivity index is 1.60. The Morgan fingerprint density at radius 3 is 2.35 bits per heavy atom. The lowest BCUT2D eigenvalue weighted by Gasteiger charge is -2.39. The number of nitrogens with zero attached hydrogens (tertiary/aromatic N) is 3. The van der Waals surface area contributed by atoms with Gasteiger partial charge in [-0.2, -0.15) is 0 Å². The number of likely N-dealkylation sites (tertiary alicyclic amines) is 1. The maximum absolute atomic E-state index is 14.7. The highest BCUT2D eigenvalue weighted by Crippen LogP contribution is 2.67. The molecule has 3 aliphatic heterocycles. The van der Waals surface area contributed by atoms with Crippen LogP contribution in [0, 0.1) is 11.8 Å². The first-order valence-electron chi connectivity index (χ1n) is 13.8. The van der Waals surface area contributed by atoms with Crippen LogP contribution in [-0.2, 0) is 20.9 Å². The fraction of sp³-hybridized carbons (Fsp3) is 0.406. The molecule has 0 saturated carbocycles. The number of rotatable bonds is 11. The summed E-state index contributed by atoms with van der Waals surface area (Å²) in [7, 11) is 1.74. The van der Waals surface area contributed by atoms with Crippen LogP contribution < -0.4 is 0 Å². The zero-order chi connectivity index (χ0) is 28.4. The van der Waals surface area contributed by atoms with Crippen molar-refractivity contribution in [2.45, 2.75) is 41.5 Å². The van der Waals surface area contributed by atoms with Gasteiger partial charge >= 0.3 is 0 Å². The zero-order valence-electron chi connectivity index (χ0n) is 22.9. The highest BCUT2D eigenvalue weighted by atomic mass is 32.2. The average Bonchev–Trinajstić information content (AvgIpc) is 3.61. The minimum atomic E-state index is -0.816. The summed E-state index contributed by atoms with van der Waals surface area (Å²) in [6.45, 7) is 8.41. The van der Waals surface area contributed by atoms with Crippen molar-refractivity contribution in [2.75, 3.05) is 26.7 Å². The maximum Gasteiger partial charge on any atom is 0.247 e. The van der Waals surface area contributed by atoms with E-state index in [1.54, 1.807) is 45.7 Å². The molecule has 7 nitrogen and oxygen atoms in total. The van der Waals surface area contributed by atoms with Crippen molar-refractivity contribution in [1.29, 1.82) is 0 Å². The Hall–Kier alpha value is -3.36. The SMILES string of the molecule is C=CCN(C)C(=O)[C@@H]1[C@@H]2CCC3(S2)C(C(=O)N(CC=C)Cc2ccccc2)N([C@H](CO)c2ccccc2)C(=O)[C@H]13. The monoisotopic (exact) mass is 559 g/mol. The number of carbonyl (C=O) groups excluding carboxylic acids is 3. The summed E-state index contributed by atoms with van der Waals surface area (Å²) >= 11 is 1.64. The molecule has 1 spiro atoms. The molecule has 3 aliphatic rings. The van der Waals surface area contributed by atoms with Gasteiger partial charge in [-0.15, -0.1) is 24.9 Å². The van der Waals surface area contributed by atoms with Crippen molar-refractivity contribution in [3.05, 3.63) is 97.1 Å². The van der Waals surface area contributed by atoms with Gasteiger partial charge in [0.25, 0.3) is 0 Å². The van der Waals surface area contributed by atoms with Crippen LogP contribution in [-0.4, -0.2) is 80.3 Å². The lowest BCUT2D eigenvalue weighted by atomic mass is 9.70. The van der Waals surface area contributed by atoms with Crippen molar-refractivity contribution < 1.29 is 19.5 Å². The van der Waals surface area contributed by atoms with Crippen LogP contribution in [0.1, 0.15) is 30.0 Å². The first-order chi connectivity index (χ1) is 19.4. The van der Waals surface area contributed by atoms with Crippen LogP contribution in [0.5, 0.6) is 0 Å². The molecule has 0 radical (unpaired) electrons. The molecule has 3 heterocycles. The largest absolute Gasteiger partial charge is 0.394 e. The average molecular weight is 560 g/mol. The molecule has 0 aromatic heterocycles. The summed E-state index contributed by atoms with van der Waals surface area (Å²) in [6, 6.07) is 17.6. The quantitative estimate of drug-likeness (QED) is 0.425. The number of benzene rings is 2. The predicted octanol–water partition coefficient (Wildman–Crippen LogP) is 3.67. The number of aliphatic hydroxyl groups excluding tert-OH is 1. The van der Waals surface area contributed by atoms with Gasteiger partial charge in [0.05, 0.1) is 29.2 Å². The number of amides is 3. The van der Waals surface area contributed by atoms with Gasteiger partial charge in [-0.3, -0.25) is 14.4 Å². The van der Waals surface area contributed by atoms with Crippen molar-refractivity contribution in [3.8, 4) is 0 Å². The van der Waals surface area contributed by atoms with Crippen molar-refractivity contribution in [3.63, 3.8) is 0 Å². The highest BCUT2D eigenvalue weighted by molar-refractivity contribution is 8.02. The van der Waals surface area contributed by atoms with E-state index >= 15 is 0 Å². The van der Waals surface area contributed by atoms with Crippen LogP contribution in [0.2, 0.25) is 0 Å². The number of carbonyl (C=O) groups is 3. The van der Waals surface area contributed by atoms with E-state index in [-0.39, 0.29) is 29.6 Å². The minimum Gasteiger partial charge on any atom is -0.394 e. The van der Waals surface area contributed by atoms with E-state index in [1.807, 2.05) is 60.7 Å². The van der Waals surface area contributed by atoms with Crippen molar-refractivity contribution >= 4 is 29.5 Å². The number of likely N-dealkylation sites (N-methyl/N-ethyl adjacent to an activating group) is 1. The van der Waals surface area contributed by atoms with E-state index < -0.39 is 28.7 Å². The highest BCUT2D eigenvalue weighted by Gasteiger charge is 2.74. The molecule has 40 heavy (non-hydrogen) atoms. The third-order valence-electron chi connectivity index (χ3n) is 8.61. The molecule has 3 saturated heterocycles. The van der Waals surface area contributed by atoms with Crippen LogP contribution in [0.25, 0.3) is 0 Å². The zero-order valence-corrected chi connectivity index (χ0v) is 23.7.